The summed E-state index contributed by atoms with van der Waals surface area (Å²) in [5, 5.41) is 0. The molecule has 1 aromatic rings. The van der Waals surface area contributed by atoms with Gasteiger partial charge in [-0.2, -0.15) is 0 Å². The van der Waals surface area contributed by atoms with Gasteiger partial charge in [0.25, 0.3) is 0 Å². The van der Waals surface area contributed by atoms with Gasteiger partial charge in [-0.05, 0) is 41.9 Å². The van der Waals surface area contributed by atoms with Crippen molar-refractivity contribution in [2.24, 2.45) is 5.73 Å². The fraction of sp³-hybridized carbons (Fsp3) is 0.625. The highest BCUT2D eigenvalue weighted by Gasteiger charge is 2.20. The molecule has 0 aromatic heterocycles. The number of nitrogens with two attached hydrogens (primary N) is 1. The Hall–Kier alpha value is -0.860. The predicted octanol–water partition coefficient (Wildman–Crippen LogP) is 3.31. The maximum atomic E-state index is 6.22. The van der Waals surface area contributed by atoms with Crippen molar-refractivity contribution in [2.75, 3.05) is 13.2 Å². The lowest BCUT2D eigenvalue weighted by Gasteiger charge is -2.23. The van der Waals surface area contributed by atoms with Crippen molar-refractivity contribution in [3.63, 3.8) is 0 Å². The zero-order valence-corrected chi connectivity index (χ0v) is 11.0. The van der Waals surface area contributed by atoms with E-state index in [1.54, 1.807) is 0 Å². The summed E-state index contributed by atoms with van der Waals surface area (Å²) in [6.45, 7) is 1.48. The van der Waals surface area contributed by atoms with Gasteiger partial charge in [0, 0.05) is 0 Å². The van der Waals surface area contributed by atoms with Crippen LogP contribution in [0.2, 0.25) is 0 Å². The van der Waals surface area contributed by atoms with Gasteiger partial charge in [-0.1, -0.05) is 37.5 Å². The molecule has 0 saturated heterocycles. The molecule has 1 heterocycles. The molecular weight excluding hydrogens is 222 g/mol. The van der Waals surface area contributed by atoms with Crippen LogP contribution in [0.25, 0.3) is 0 Å². The van der Waals surface area contributed by atoms with Crippen LogP contribution in [0.5, 0.6) is 0 Å². The summed E-state index contributed by atoms with van der Waals surface area (Å²) in [6, 6.07) is 7.04. The summed E-state index contributed by atoms with van der Waals surface area (Å²) in [6.07, 6.45) is 7.89. The normalized spacial score (nSPS) is 25.5. The van der Waals surface area contributed by atoms with Gasteiger partial charge in [-0.25, -0.2) is 0 Å². The predicted molar refractivity (Wildman–Crippen MR) is 73.7 cm³/mol. The molecule has 1 aliphatic carbocycles. The molecule has 1 aliphatic heterocycles. The fourth-order valence-corrected chi connectivity index (χ4v) is 3.36. The van der Waals surface area contributed by atoms with Crippen LogP contribution in [0.1, 0.15) is 60.8 Å². The molecule has 2 nitrogen and oxygen atoms in total. The van der Waals surface area contributed by atoms with Crippen molar-refractivity contribution in [3.05, 3.63) is 34.9 Å². The molecule has 0 spiro atoms. The van der Waals surface area contributed by atoms with Crippen LogP contribution in [0.4, 0.5) is 0 Å². The van der Waals surface area contributed by atoms with E-state index in [2.05, 4.69) is 18.2 Å². The molecule has 2 aliphatic rings. The topological polar surface area (TPSA) is 35.2 Å². The monoisotopic (exact) mass is 245 g/mol. The quantitative estimate of drug-likeness (QED) is 0.824. The highest BCUT2D eigenvalue weighted by molar-refractivity contribution is 5.37. The zero-order valence-electron chi connectivity index (χ0n) is 11.0. The number of hydrogen-bond acceptors (Lipinski definition) is 2. The third kappa shape index (κ3) is 2.45. The summed E-state index contributed by atoms with van der Waals surface area (Å²) in [7, 11) is 0. The van der Waals surface area contributed by atoms with E-state index >= 15 is 0 Å². The molecule has 2 heteroatoms. The van der Waals surface area contributed by atoms with Gasteiger partial charge >= 0.3 is 0 Å². The molecule has 0 amide bonds. The fourth-order valence-electron chi connectivity index (χ4n) is 3.36. The Bertz CT molecular complexity index is 410. The first-order valence-corrected chi connectivity index (χ1v) is 7.30. The van der Waals surface area contributed by atoms with Crippen LogP contribution >= 0.6 is 0 Å². The Labute approximate surface area is 110 Å². The van der Waals surface area contributed by atoms with E-state index in [0.29, 0.717) is 6.61 Å². The van der Waals surface area contributed by atoms with Crippen molar-refractivity contribution in [1.29, 1.82) is 0 Å². The van der Waals surface area contributed by atoms with Gasteiger partial charge in [-0.15, -0.1) is 0 Å². The highest BCUT2D eigenvalue weighted by Crippen LogP contribution is 2.34. The van der Waals surface area contributed by atoms with E-state index in [9.17, 15) is 0 Å². The number of fused-ring (bicyclic) bond motifs is 1. The molecule has 1 fully saturated rings. The first kappa shape index (κ1) is 12.2. The number of rotatable bonds is 1. The summed E-state index contributed by atoms with van der Waals surface area (Å²) >= 11 is 0. The zero-order chi connectivity index (χ0) is 12.4. The Balaban J connectivity index is 1.88. The molecule has 1 atom stereocenters. The van der Waals surface area contributed by atoms with E-state index < -0.39 is 0 Å². The highest BCUT2D eigenvalue weighted by atomic mass is 16.5. The second kappa shape index (κ2) is 5.41. The largest absolute Gasteiger partial charge is 0.379 e. The Kier molecular flexibility index (Phi) is 3.67. The smallest absolute Gasteiger partial charge is 0.0659 e. The van der Waals surface area contributed by atoms with Gasteiger partial charge in [0.15, 0.2) is 0 Å². The van der Waals surface area contributed by atoms with E-state index in [1.165, 1.54) is 48.8 Å². The summed E-state index contributed by atoms with van der Waals surface area (Å²) in [4.78, 5) is 0. The van der Waals surface area contributed by atoms with Crippen LogP contribution in [-0.4, -0.2) is 13.2 Å². The van der Waals surface area contributed by atoms with E-state index in [0.717, 1.165) is 18.9 Å². The molecule has 2 N–H and O–H groups in total. The number of hydrogen-bond donors (Lipinski definition) is 1. The van der Waals surface area contributed by atoms with Crippen molar-refractivity contribution < 1.29 is 4.74 Å². The Morgan fingerprint density at radius 1 is 1.11 bits per heavy atom. The summed E-state index contributed by atoms with van der Waals surface area (Å²) in [5.74, 6) is 0.764. The van der Waals surface area contributed by atoms with Crippen LogP contribution in [-0.2, 0) is 11.2 Å². The van der Waals surface area contributed by atoms with E-state index in [4.69, 9.17) is 10.5 Å². The third-order valence-electron chi connectivity index (χ3n) is 4.46. The maximum Gasteiger partial charge on any atom is 0.0659 e. The lowest BCUT2D eigenvalue weighted by molar-refractivity contribution is 0.131. The van der Waals surface area contributed by atoms with Crippen LogP contribution in [0.3, 0.4) is 0 Å². The second-order valence-electron chi connectivity index (χ2n) is 5.72. The van der Waals surface area contributed by atoms with E-state index in [-0.39, 0.29) is 6.04 Å². The van der Waals surface area contributed by atoms with Gasteiger partial charge in [0.1, 0.15) is 0 Å². The van der Waals surface area contributed by atoms with Crippen molar-refractivity contribution in [1.82, 2.24) is 0 Å². The molecular formula is C16H23NO. The summed E-state index contributed by atoms with van der Waals surface area (Å²) < 4.78 is 5.55. The summed E-state index contributed by atoms with van der Waals surface area (Å²) in [5.41, 5.74) is 10.4. The lowest BCUT2D eigenvalue weighted by atomic mass is 9.82. The Morgan fingerprint density at radius 3 is 2.78 bits per heavy atom. The third-order valence-corrected chi connectivity index (χ3v) is 4.46. The van der Waals surface area contributed by atoms with Crippen molar-refractivity contribution in [3.8, 4) is 0 Å². The number of benzene rings is 1. The maximum absolute atomic E-state index is 6.22. The molecule has 18 heavy (non-hydrogen) atoms. The molecule has 1 unspecified atom stereocenters. The van der Waals surface area contributed by atoms with Gasteiger partial charge in [0.2, 0.25) is 0 Å². The minimum absolute atomic E-state index is 0.0611. The number of ether oxygens (including phenoxy) is 1. The van der Waals surface area contributed by atoms with E-state index in [1.807, 2.05) is 0 Å². The first-order valence-electron chi connectivity index (χ1n) is 7.30. The molecule has 98 valence electrons. The minimum atomic E-state index is 0.0611. The van der Waals surface area contributed by atoms with Crippen LogP contribution in [0, 0.1) is 0 Å². The average molecular weight is 245 g/mol. The molecule has 1 saturated carbocycles. The molecule has 0 radical (unpaired) electrons. The lowest BCUT2D eigenvalue weighted by Crippen LogP contribution is -2.16. The van der Waals surface area contributed by atoms with Gasteiger partial charge < -0.3 is 10.5 Å². The second-order valence-corrected chi connectivity index (χ2v) is 5.72. The minimum Gasteiger partial charge on any atom is -0.379 e. The SMILES string of the molecule is NC1COCCc2ccc(C3CCCCC3)cc21. The molecule has 0 bridgehead atoms. The van der Waals surface area contributed by atoms with Gasteiger partial charge in [-0.3, -0.25) is 0 Å². The van der Waals surface area contributed by atoms with Gasteiger partial charge in [0.05, 0.1) is 19.3 Å². The molecule has 3 rings (SSSR count). The standard InChI is InChI=1S/C16H23NO/c17-16-11-18-9-8-13-6-7-14(10-15(13)16)12-4-2-1-3-5-12/h6-7,10,12,16H,1-5,8-9,11,17H2. The van der Waals surface area contributed by atoms with Crippen molar-refractivity contribution in [2.45, 2.75) is 50.5 Å². The molecule has 1 aromatic carbocycles. The first-order chi connectivity index (χ1) is 8.84. The Morgan fingerprint density at radius 2 is 1.94 bits per heavy atom. The average Bonchev–Trinajstić information content (AvgIpc) is 2.62. The van der Waals surface area contributed by atoms with Crippen molar-refractivity contribution >= 4 is 0 Å². The van der Waals surface area contributed by atoms with Crippen LogP contribution in [0.15, 0.2) is 18.2 Å². The van der Waals surface area contributed by atoms with Crippen LogP contribution < -0.4 is 5.73 Å².